The molecule has 0 bridgehead atoms. The summed E-state index contributed by atoms with van der Waals surface area (Å²) >= 11 is 0. The van der Waals surface area contributed by atoms with Crippen LogP contribution in [0.1, 0.15) is 78.6 Å². The van der Waals surface area contributed by atoms with Crippen molar-refractivity contribution in [3.8, 4) is 0 Å². The Kier molecular flexibility index (Phi) is 3.27. The summed E-state index contributed by atoms with van der Waals surface area (Å²) < 4.78 is 0. The monoisotopic (exact) mass is 290 g/mol. The van der Waals surface area contributed by atoms with Crippen molar-refractivity contribution in [1.82, 2.24) is 0 Å². The minimum Gasteiger partial charge on any atom is -0.393 e. The summed E-state index contributed by atoms with van der Waals surface area (Å²) in [5.74, 6) is 4.67. The molecule has 4 aliphatic carbocycles. The summed E-state index contributed by atoms with van der Waals surface area (Å²) in [4.78, 5) is 0. The molecule has 1 N–H and O–H groups in total. The van der Waals surface area contributed by atoms with Crippen LogP contribution in [0.5, 0.6) is 0 Å². The Hall–Kier alpha value is -0.0400. The number of aliphatic hydroxyl groups is 1. The van der Waals surface area contributed by atoms with Gasteiger partial charge in [0.2, 0.25) is 0 Å². The van der Waals surface area contributed by atoms with Crippen molar-refractivity contribution in [2.45, 2.75) is 84.7 Å². The molecule has 0 aromatic carbocycles. The molecule has 0 unspecified atom stereocenters. The van der Waals surface area contributed by atoms with E-state index in [1.54, 1.807) is 0 Å². The van der Waals surface area contributed by atoms with Gasteiger partial charge in [0.25, 0.3) is 0 Å². The van der Waals surface area contributed by atoms with Gasteiger partial charge in [0.05, 0.1) is 6.10 Å². The lowest BCUT2D eigenvalue weighted by atomic mass is 9.44. The van der Waals surface area contributed by atoms with Crippen molar-refractivity contribution < 1.29 is 5.11 Å². The van der Waals surface area contributed by atoms with Gasteiger partial charge >= 0.3 is 0 Å². The Labute approximate surface area is 130 Å². The van der Waals surface area contributed by atoms with Gasteiger partial charge in [-0.25, -0.2) is 0 Å². The van der Waals surface area contributed by atoms with E-state index in [1.807, 2.05) is 0 Å². The topological polar surface area (TPSA) is 20.2 Å². The molecule has 0 radical (unpaired) electrons. The maximum Gasteiger partial charge on any atom is 0.0596 e. The third-order valence-corrected chi connectivity index (χ3v) is 8.88. The van der Waals surface area contributed by atoms with E-state index in [2.05, 4.69) is 20.8 Å². The fourth-order valence-electron chi connectivity index (χ4n) is 7.44. The first-order valence-electron chi connectivity index (χ1n) is 9.63. The van der Waals surface area contributed by atoms with Crippen LogP contribution in [0.2, 0.25) is 0 Å². The molecule has 120 valence electrons. The minimum absolute atomic E-state index is 0.0136. The van der Waals surface area contributed by atoms with Crippen LogP contribution in [-0.2, 0) is 0 Å². The second-order valence-corrected chi connectivity index (χ2v) is 9.67. The van der Waals surface area contributed by atoms with Crippen molar-refractivity contribution in [1.29, 1.82) is 0 Å². The van der Waals surface area contributed by atoms with E-state index >= 15 is 0 Å². The van der Waals surface area contributed by atoms with Gasteiger partial charge in [-0.2, -0.15) is 0 Å². The summed E-state index contributed by atoms with van der Waals surface area (Å²) in [6, 6.07) is 0. The van der Waals surface area contributed by atoms with E-state index in [1.165, 1.54) is 51.4 Å². The highest BCUT2D eigenvalue weighted by Gasteiger charge is 2.59. The molecule has 0 saturated heterocycles. The fraction of sp³-hybridized carbons (Fsp3) is 1.00. The van der Waals surface area contributed by atoms with E-state index in [0.29, 0.717) is 5.41 Å². The highest BCUT2D eigenvalue weighted by molar-refractivity contribution is 5.09. The van der Waals surface area contributed by atoms with Crippen molar-refractivity contribution in [3.63, 3.8) is 0 Å². The predicted octanol–water partition coefficient (Wildman–Crippen LogP) is 5.03. The quantitative estimate of drug-likeness (QED) is 0.663. The van der Waals surface area contributed by atoms with Gasteiger partial charge in [0.1, 0.15) is 0 Å². The second-order valence-electron chi connectivity index (χ2n) is 9.67. The Morgan fingerprint density at radius 2 is 1.52 bits per heavy atom. The van der Waals surface area contributed by atoms with Crippen LogP contribution in [0.25, 0.3) is 0 Å². The van der Waals surface area contributed by atoms with Gasteiger partial charge in [-0.3, -0.25) is 0 Å². The zero-order chi connectivity index (χ0) is 14.8. The van der Waals surface area contributed by atoms with E-state index in [-0.39, 0.29) is 11.5 Å². The SMILES string of the molecule is C[C@H]1CC[C@@]2(C)[C@H](CC[C@@H]3[C@@H]2CC[C@]2(C)[C@@H](O)CC[C@@H]32)C1. The van der Waals surface area contributed by atoms with Gasteiger partial charge in [-0.1, -0.05) is 27.2 Å². The third kappa shape index (κ3) is 1.92. The Morgan fingerprint density at radius 3 is 2.33 bits per heavy atom. The van der Waals surface area contributed by atoms with Gasteiger partial charge < -0.3 is 5.11 Å². The van der Waals surface area contributed by atoms with Gasteiger partial charge in [-0.15, -0.1) is 0 Å². The lowest BCUT2D eigenvalue weighted by molar-refractivity contribution is -0.125. The maximum absolute atomic E-state index is 10.5. The zero-order valence-electron chi connectivity index (χ0n) is 14.3. The molecular weight excluding hydrogens is 256 g/mol. The Morgan fingerprint density at radius 1 is 0.810 bits per heavy atom. The van der Waals surface area contributed by atoms with E-state index in [4.69, 9.17) is 0 Å². The molecule has 4 rings (SSSR count). The molecule has 0 heterocycles. The van der Waals surface area contributed by atoms with E-state index < -0.39 is 0 Å². The number of aliphatic hydroxyl groups excluding tert-OH is 1. The molecule has 4 aliphatic rings. The molecular formula is C20H34O. The molecule has 0 amide bonds. The number of hydrogen-bond donors (Lipinski definition) is 1. The summed E-state index contributed by atoms with van der Waals surface area (Å²) in [5, 5.41) is 10.5. The summed E-state index contributed by atoms with van der Waals surface area (Å²) in [7, 11) is 0. The molecule has 4 fully saturated rings. The maximum atomic E-state index is 10.5. The summed E-state index contributed by atoms with van der Waals surface area (Å²) in [5.41, 5.74) is 0.886. The first kappa shape index (κ1) is 14.5. The lowest BCUT2D eigenvalue weighted by Crippen LogP contribution is -2.53. The van der Waals surface area contributed by atoms with Crippen molar-refractivity contribution in [2.24, 2.45) is 40.4 Å². The fourth-order valence-corrected chi connectivity index (χ4v) is 7.44. The minimum atomic E-state index is -0.0136. The molecule has 0 spiro atoms. The first-order valence-corrected chi connectivity index (χ1v) is 9.63. The highest BCUT2D eigenvalue weighted by atomic mass is 16.3. The molecule has 0 aliphatic heterocycles. The molecule has 0 aromatic rings. The van der Waals surface area contributed by atoms with Crippen LogP contribution < -0.4 is 0 Å². The third-order valence-electron chi connectivity index (χ3n) is 8.88. The van der Waals surface area contributed by atoms with Crippen molar-refractivity contribution in [3.05, 3.63) is 0 Å². The molecule has 1 nitrogen and oxygen atoms in total. The standard InChI is InChI=1S/C20H34O/c1-13-8-10-19(2)14(12-13)4-5-15-16-6-7-18(21)20(16,3)11-9-17(15)19/h13-18,21H,4-12H2,1-3H3/t13-,14+,15-,16-,17-,18-,19-,20-/m0/s1. The van der Waals surface area contributed by atoms with Gasteiger partial charge in [0, 0.05) is 0 Å². The summed E-state index contributed by atoms with van der Waals surface area (Å²) in [6.07, 6.45) is 12.4. The molecule has 21 heavy (non-hydrogen) atoms. The van der Waals surface area contributed by atoms with Gasteiger partial charge in [0.15, 0.2) is 0 Å². The number of hydrogen-bond acceptors (Lipinski definition) is 1. The Balaban J connectivity index is 1.62. The molecule has 4 saturated carbocycles. The average molecular weight is 290 g/mol. The largest absolute Gasteiger partial charge is 0.393 e. The molecule has 0 aromatic heterocycles. The predicted molar refractivity (Wildman–Crippen MR) is 86.9 cm³/mol. The molecule has 1 heteroatoms. The van der Waals surface area contributed by atoms with Crippen LogP contribution in [0.15, 0.2) is 0 Å². The van der Waals surface area contributed by atoms with Crippen LogP contribution in [0.3, 0.4) is 0 Å². The summed E-state index contributed by atoms with van der Waals surface area (Å²) in [6.45, 7) is 7.52. The zero-order valence-corrected chi connectivity index (χ0v) is 14.3. The van der Waals surface area contributed by atoms with Crippen LogP contribution in [0.4, 0.5) is 0 Å². The van der Waals surface area contributed by atoms with Crippen molar-refractivity contribution >= 4 is 0 Å². The number of rotatable bonds is 0. The highest BCUT2D eigenvalue weighted by Crippen LogP contribution is 2.66. The van der Waals surface area contributed by atoms with Crippen LogP contribution in [0, 0.1) is 40.4 Å². The van der Waals surface area contributed by atoms with E-state index in [0.717, 1.165) is 36.0 Å². The van der Waals surface area contributed by atoms with Crippen molar-refractivity contribution in [2.75, 3.05) is 0 Å². The second kappa shape index (κ2) is 4.73. The smallest absolute Gasteiger partial charge is 0.0596 e. The molecule has 8 atom stereocenters. The van der Waals surface area contributed by atoms with Crippen LogP contribution >= 0.6 is 0 Å². The van der Waals surface area contributed by atoms with Gasteiger partial charge in [-0.05, 0) is 91.8 Å². The normalized spacial score (nSPS) is 60.0. The average Bonchev–Trinajstić information content (AvgIpc) is 2.76. The van der Waals surface area contributed by atoms with E-state index in [9.17, 15) is 5.11 Å². The lowest BCUT2D eigenvalue weighted by Gasteiger charge is -2.60. The Bertz CT molecular complexity index is 418. The van der Waals surface area contributed by atoms with Crippen LogP contribution in [-0.4, -0.2) is 11.2 Å². The first-order chi connectivity index (χ1) is 9.95. The number of fused-ring (bicyclic) bond motifs is 5.